The van der Waals surface area contributed by atoms with Gasteiger partial charge in [0.05, 0.1) is 30.1 Å². The molecule has 0 unspecified atom stereocenters. The molecule has 5 rings (SSSR count). The zero-order valence-electron chi connectivity index (χ0n) is 29.7. The summed E-state index contributed by atoms with van der Waals surface area (Å²) >= 11 is 0. The minimum Gasteiger partial charge on any atom is -0.443 e. The Kier molecular flexibility index (Phi) is 11.0. The van der Waals surface area contributed by atoms with Crippen LogP contribution in [0.25, 0.3) is 11.4 Å². The van der Waals surface area contributed by atoms with E-state index in [2.05, 4.69) is 60.4 Å². The highest BCUT2D eigenvalue weighted by molar-refractivity contribution is 6.99. The summed E-state index contributed by atoms with van der Waals surface area (Å²) in [5, 5.41) is 14.7. The van der Waals surface area contributed by atoms with Crippen LogP contribution in [-0.2, 0) is 21.9 Å². The van der Waals surface area contributed by atoms with E-state index < -0.39 is 38.2 Å². The molecule has 0 N–H and O–H groups in total. The molecule has 0 fully saturated rings. The molecule has 4 aromatic carbocycles. The van der Waals surface area contributed by atoms with E-state index in [0.717, 1.165) is 51.7 Å². The highest BCUT2D eigenvalue weighted by Gasteiger charge is 2.50. The van der Waals surface area contributed by atoms with Gasteiger partial charge in [-0.15, -0.1) is 10.2 Å². The number of halogens is 5. The summed E-state index contributed by atoms with van der Waals surface area (Å²) < 4.78 is 80.8. The van der Waals surface area contributed by atoms with Crippen LogP contribution in [0, 0.1) is 0 Å². The molecule has 274 valence electrons. The summed E-state index contributed by atoms with van der Waals surface area (Å²) in [7, 11) is -2.89. The summed E-state index contributed by atoms with van der Waals surface area (Å²) in [6.07, 6.45) is -8.46. The molecule has 5 aromatic rings. The van der Waals surface area contributed by atoms with Gasteiger partial charge in [0.15, 0.2) is 0 Å². The van der Waals surface area contributed by atoms with Gasteiger partial charge in [-0.05, 0) is 77.8 Å². The van der Waals surface area contributed by atoms with Crippen LogP contribution in [0.3, 0.4) is 0 Å². The van der Waals surface area contributed by atoms with E-state index in [9.17, 15) is 26.7 Å². The maximum atomic E-state index is 14.0. The number of amides is 1. The molecule has 0 aliphatic carbocycles. The highest BCUT2D eigenvalue weighted by atomic mass is 28.4. The number of tetrazole rings is 1. The summed E-state index contributed by atoms with van der Waals surface area (Å²) in [6, 6.07) is 27.5. The quantitative estimate of drug-likeness (QED) is 0.105. The smallest absolute Gasteiger partial charge is 0.419 e. The Bertz CT molecular complexity index is 1920. The van der Waals surface area contributed by atoms with Crippen LogP contribution in [0.5, 0.6) is 0 Å². The number of benzene rings is 4. The third-order valence-electron chi connectivity index (χ3n) is 8.26. The maximum absolute atomic E-state index is 14.0. The lowest BCUT2D eigenvalue weighted by molar-refractivity contribution is -0.137. The number of aromatic nitrogens is 4. The molecule has 1 aromatic heterocycles. The molecule has 0 aliphatic heterocycles. The first-order valence-electron chi connectivity index (χ1n) is 16.6. The summed E-state index contributed by atoms with van der Waals surface area (Å²) in [5.74, 6) is -0.0941. The van der Waals surface area contributed by atoms with Crippen molar-refractivity contribution < 1.29 is 35.9 Å². The Labute approximate surface area is 300 Å². The van der Waals surface area contributed by atoms with E-state index in [1.54, 1.807) is 20.8 Å². The van der Waals surface area contributed by atoms with Crippen molar-refractivity contribution in [2.24, 2.45) is 0 Å². The molecule has 1 heterocycles. The Morgan fingerprint density at radius 3 is 1.90 bits per heavy atom. The van der Waals surface area contributed by atoms with Crippen LogP contribution < -0.4 is 15.3 Å². The van der Waals surface area contributed by atoms with Gasteiger partial charge in [0, 0.05) is 11.1 Å². The Morgan fingerprint density at radius 1 is 0.827 bits per heavy atom. The number of carbonyl (C=O) groups is 1. The fourth-order valence-corrected chi connectivity index (χ4v) is 10.6. The summed E-state index contributed by atoms with van der Waals surface area (Å²) in [6.45, 7) is 11.6. The van der Waals surface area contributed by atoms with Crippen molar-refractivity contribution in [1.29, 1.82) is 0 Å². The van der Waals surface area contributed by atoms with Gasteiger partial charge in [0.1, 0.15) is 5.60 Å². The summed E-state index contributed by atoms with van der Waals surface area (Å²) in [4.78, 5) is 15.9. The van der Waals surface area contributed by atoms with Gasteiger partial charge in [-0.25, -0.2) is 18.5 Å². The second-order valence-electron chi connectivity index (χ2n) is 14.2. The van der Waals surface area contributed by atoms with Crippen LogP contribution in [0.4, 0.5) is 38.1 Å². The van der Waals surface area contributed by atoms with Gasteiger partial charge >= 0.3 is 12.3 Å². The number of alkyl halides is 5. The highest BCUT2D eigenvalue weighted by Crippen LogP contribution is 2.40. The minimum atomic E-state index is -4.62. The van der Waals surface area contributed by atoms with Crippen molar-refractivity contribution in [3.05, 3.63) is 114 Å². The van der Waals surface area contributed by atoms with E-state index in [1.807, 2.05) is 36.4 Å². The lowest BCUT2D eigenvalue weighted by Gasteiger charge is -2.43. The fourth-order valence-electron chi connectivity index (χ4n) is 6.00. The van der Waals surface area contributed by atoms with E-state index in [-0.39, 0.29) is 46.5 Å². The first-order valence-corrected chi connectivity index (χ1v) is 18.5. The molecule has 0 aliphatic rings. The predicted molar refractivity (Wildman–Crippen MR) is 192 cm³/mol. The topological polar surface area (TPSA) is 82.4 Å². The molecular weight excluding hydrogens is 698 g/mol. The lowest BCUT2D eigenvalue weighted by Crippen LogP contribution is -2.66. The average Bonchev–Trinajstić information content (AvgIpc) is 3.55. The second-order valence-corrected chi connectivity index (χ2v) is 18.5. The molecule has 8 nitrogen and oxygen atoms in total. The molecule has 0 spiro atoms. The average molecular weight is 738 g/mol. The Morgan fingerprint density at radius 2 is 1.40 bits per heavy atom. The molecule has 14 heteroatoms. The van der Waals surface area contributed by atoms with E-state index in [0.29, 0.717) is 0 Å². The standard InChI is InChI=1S/C38H40F5N5O3Si/c1-36(2,3)51-35(49)48(28-20-18-27(19-21-28)38(41,42)43)32-22-17-26(33(39)40)25-31(32)34-44-46-47(45-34)23-24-50-52(37(4,5)6,29-13-9-7-10-14-29)30-15-11-8-12-16-30/h7-22,25,33H,23-24H2,1-6H3. The lowest BCUT2D eigenvalue weighted by atomic mass is 10.1. The van der Waals surface area contributed by atoms with E-state index >= 15 is 0 Å². The van der Waals surface area contributed by atoms with Crippen molar-refractivity contribution >= 4 is 36.2 Å². The van der Waals surface area contributed by atoms with E-state index in [4.69, 9.17) is 9.16 Å². The van der Waals surface area contributed by atoms with Crippen molar-refractivity contribution in [3.8, 4) is 11.4 Å². The predicted octanol–water partition coefficient (Wildman–Crippen LogP) is 8.95. The minimum absolute atomic E-state index is 0.000563. The Hall–Kier alpha value is -4.95. The monoisotopic (exact) mass is 737 g/mol. The molecule has 0 saturated heterocycles. The van der Waals surface area contributed by atoms with Crippen LogP contribution >= 0.6 is 0 Å². The molecule has 1 amide bonds. The SMILES string of the molecule is CC(C)(C)OC(=O)N(c1ccc(C(F)(F)F)cc1)c1ccc(C(F)F)cc1-c1nnn(CCO[Si](c2ccccc2)(c2ccccc2)C(C)(C)C)n1. The van der Waals surface area contributed by atoms with Crippen LogP contribution in [0.1, 0.15) is 59.1 Å². The Balaban J connectivity index is 1.52. The summed E-state index contributed by atoms with van der Waals surface area (Å²) in [5.41, 5.74) is -2.33. The zero-order valence-corrected chi connectivity index (χ0v) is 30.7. The maximum Gasteiger partial charge on any atom is 0.419 e. The zero-order chi connectivity index (χ0) is 37.9. The number of nitrogens with zero attached hydrogens (tertiary/aromatic N) is 5. The molecule has 0 bridgehead atoms. The molecule has 0 saturated carbocycles. The number of anilines is 2. The fraction of sp³-hybridized carbons (Fsp3) is 0.316. The molecule has 52 heavy (non-hydrogen) atoms. The van der Waals surface area contributed by atoms with Gasteiger partial charge in [-0.3, -0.25) is 0 Å². The van der Waals surface area contributed by atoms with Gasteiger partial charge in [-0.1, -0.05) is 87.5 Å². The molecular formula is C38H40F5N5O3Si. The van der Waals surface area contributed by atoms with E-state index in [1.165, 1.54) is 10.9 Å². The molecule has 0 radical (unpaired) electrons. The van der Waals surface area contributed by atoms with Crippen molar-refractivity contribution in [1.82, 2.24) is 20.2 Å². The third kappa shape index (κ3) is 8.39. The normalized spacial score (nSPS) is 12.6. The van der Waals surface area contributed by atoms with Crippen LogP contribution in [0.2, 0.25) is 5.04 Å². The van der Waals surface area contributed by atoms with Crippen molar-refractivity contribution in [2.75, 3.05) is 11.5 Å². The third-order valence-corrected chi connectivity index (χ3v) is 13.3. The number of ether oxygens (including phenoxy) is 1. The number of hydrogen-bond donors (Lipinski definition) is 0. The van der Waals surface area contributed by atoms with Gasteiger partial charge in [-0.2, -0.15) is 18.0 Å². The van der Waals surface area contributed by atoms with Gasteiger partial charge in [0.2, 0.25) is 5.82 Å². The number of carbonyl (C=O) groups excluding carboxylic acids is 1. The van der Waals surface area contributed by atoms with Gasteiger partial charge in [0.25, 0.3) is 14.7 Å². The number of hydrogen-bond acceptors (Lipinski definition) is 6. The molecule has 0 atom stereocenters. The first kappa shape index (κ1) is 38.3. The van der Waals surface area contributed by atoms with Crippen LogP contribution in [0.15, 0.2) is 103 Å². The number of rotatable bonds is 10. The second kappa shape index (κ2) is 15.0. The van der Waals surface area contributed by atoms with Crippen molar-refractivity contribution in [2.45, 2.75) is 71.3 Å². The van der Waals surface area contributed by atoms with Crippen LogP contribution in [-0.4, -0.2) is 46.8 Å². The van der Waals surface area contributed by atoms with Gasteiger partial charge < -0.3 is 9.16 Å². The largest absolute Gasteiger partial charge is 0.443 e. The first-order chi connectivity index (χ1) is 24.4. The van der Waals surface area contributed by atoms with Crippen molar-refractivity contribution in [3.63, 3.8) is 0 Å².